The van der Waals surface area contributed by atoms with Crippen LogP contribution in [0.3, 0.4) is 0 Å². The van der Waals surface area contributed by atoms with Crippen molar-refractivity contribution in [1.82, 2.24) is 15.5 Å². The number of hydrogen-bond donors (Lipinski definition) is 2. The van der Waals surface area contributed by atoms with Gasteiger partial charge in [-0.05, 0) is 0 Å². The van der Waals surface area contributed by atoms with E-state index in [1.54, 1.807) is 4.90 Å². The van der Waals surface area contributed by atoms with Crippen LogP contribution in [0.1, 0.15) is 6.42 Å². The molecule has 2 aliphatic heterocycles. The Morgan fingerprint density at radius 3 is 2.85 bits per heavy atom. The number of hydrogen-bond acceptors (Lipinski definition) is 3. The Hall–Kier alpha value is -1.10. The molecule has 5 nitrogen and oxygen atoms in total. The zero-order valence-electron chi connectivity index (χ0n) is 7.38. The van der Waals surface area contributed by atoms with E-state index < -0.39 is 0 Å². The van der Waals surface area contributed by atoms with E-state index >= 15 is 0 Å². The van der Waals surface area contributed by atoms with Gasteiger partial charge in [0.15, 0.2) is 0 Å². The first kappa shape index (κ1) is 8.50. The molecule has 2 heterocycles. The second kappa shape index (κ2) is 3.33. The molecule has 1 atom stereocenters. The predicted molar refractivity (Wildman–Crippen MR) is 46.0 cm³/mol. The maximum Gasteiger partial charge on any atom is 0.236 e. The van der Waals surface area contributed by atoms with Gasteiger partial charge in [-0.15, -0.1) is 0 Å². The van der Waals surface area contributed by atoms with Gasteiger partial charge in [-0.1, -0.05) is 0 Å². The van der Waals surface area contributed by atoms with E-state index in [0.717, 1.165) is 13.1 Å². The lowest BCUT2D eigenvalue weighted by Crippen LogP contribution is -2.52. The third-order valence-corrected chi connectivity index (χ3v) is 2.52. The van der Waals surface area contributed by atoms with Crippen molar-refractivity contribution < 1.29 is 9.59 Å². The van der Waals surface area contributed by atoms with Gasteiger partial charge in [-0.3, -0.25) is 9.59 Å². The summed E-state index contributed by atoms with van der Waals surface area (Å²) in [5, 5.41) is 5.74. The summed E-state index contributed by atoms with van der Waals surface area (Å²) in [5.41, 5.74) is 0. The van der Waals surface area contributed by atoms with Gasteiger partial charge >= 0.3 is 0 Å². The van der Waals surface area contributed by atoms with Gasteiger partial charge in [-0.2, -0.15) is 0 Å². The fraction of sp³-hybridized carbons (Fsp3) is 0.750. The van der Waals surface area contributed by atoms with Crippen LogP contribution in [0.15, 0.2) is 0 Å². The van der Waals surface area contributed by atoms with Crippen molar-refractivity contribution in [3.05, 3.63) is 0 Å². The van der Waals surface area contributed by atoms with Crippen molar-refractivity contribution in [1.29, 1.82) is 0 Å². The summed E-state index contributed by atoms with van der Waals surface area (Å²) in [5.74, 6) is 0.157. The third kappa shape index (κ3) is 1.65. The number of amides is 2. The number of nitrogens with zero attached hydrogens (tertiary/aromatic N) is 1. The summed E-state index contributed by atoms with van der Waals surface area (Å²) in [6.45, 7) is 2.57. The second-order valence-electron chi connectivity index (χ2n) is 3.43. The number of carbonyl (C=O) groups is 2. The molecular weight excluding hydrogens is 170 g/mol. The van der Waals surface area contributed by atoms with Crippen molar-refractivity contribution in [2.45, 2.75) is 12.5 Å². The van der Waals surface area contributed by atoms with Gasteiger partial charge in [0.2, 0.25) is 11.8 Å². The van der Waals surface area contributed by atoms with Gasteiger partial charge in [0.25, 0.3) is 0 Å². The maximum atomic E-state index is 11.4. The van der Waals surface area contributed by atoms with Crippen LogP contribution in [0.2, 0.25) is 0 Å². The molecule has 0 aliphatic carbocycles. The lowest BCUT2D eigenvalue weighted by Gasteiger charge is -2.31. The van der Waals surface area contributed by atoms with E-state index in [4.69, 9.17) is 0 Å². The summed E-state index contributed by atoms with van der Waals surface area (Å²) >= 11 is 0. The molecule has 2 N–H and O–H groups in total. The molecule has 0 saturated carbocycles. The largest absolute Gasteiger partial charge is 0.354 e. The van der Waals surface area contributed by atoms with Crippen molar-refractivity contribution in [2.24, 2.45) is 0 Å². The van der Waals surface area contributed by atoms with Crippen molar-refractivity contribution in [2.75, 3.05) is 26.2 Å². The SMILES string of the molecule is O=C1C[C@@H](N2CCNCC2=O)CN1. The molecule has 2 fully saturated rings. The van der Waals surface area contributed by atoms with E-state index in [9.17, 15) is 9.59 Å². The first-order valence-corrected chi connectivity index (χ1v) is 4.54. The molecule has 2 saturated heterocycles. The topological polar surface area (TPSA) is 61.4 Å². The zero-order chi connectivity index (χ0) is 9.26. The molecule has 5 heteroatoms. The van der Waals surface area contributed by atoms with Crippen molar-refractivity contribution in [3.8, 4) is 0 Å². The highest BCUT2D eigenvalue weighted by Gasteiger charge is 2.31. The summed E-state index contributed by atoms with van der Waals surface area (Å²) in [4.78, 5) is 24.2. The normalized spacial score (nSPS) is 29.2. The fourth-order valence-corrected chi connectivity index (χ4v) is 1.82. The molecule has 72 valence electrons. The standard InChI is InChI=1S/C8H13N3O2/c12-7-3-6(4-10-7)11-2-1-9-5-8(11)13/h6,9H,1-5H2,(H,10,12)/t6-/m1/s1. The minimum atomic E-state index is 0.0522. The molecule has 0 bridgehead atoms. The molecule has 0 unspecified atom stereocenters. The quantitative estimate of drug-likeness (QED) is 0.510. The first-order valence-electron chi connectivity index (χ1n) is 4.54. The summed E-state index contributed by atoms with van der Waals surface area (Å²) in [7, 11) is 0. The van der Waals surface area contributed by atoms with Gasteiger partial charge in [0.05, 0.1) is 12.6 Å². The van der Waals surface area contributed by atoms with Crippen molar-refractivity contribution in [3.63, 3.8) is 0 Å². The van der Waals surface area contributed by atoms with Crippen LogP contribution in [0.5, 0.6) is 0 Å². The van der Waals surface area contributed by atoms with Crippen LogP contribution in [-0.4, -0.2) is 48.9 Å². The predicted octanol–water partition coefficient (Wildman–Crippen LogP) is -1.69. The smallest absolute Gasteiger partial charge is 0.236 e. The van der Waals surface area contributed by atoms with Crippen LogP contribution in [0.4, 0.5) is 0 Å². The molecule has 0 aromatic rings. The lowest BCUT2D eigenvalue weighted by atomic mass is 10.2. The van der Waals surface area contributed by atoms with Crippen LogP contribution in [-0.2, 0) is 9.59 Å². The summed E-state index contributed by atoms with van der Waals surface area (Å²) in [6, 6.07) is 0.0853. The second-order valence-corrected chi connectivity index (χ2v) is 3.43. The zero-order valence-corrected chi connectivity index (χ0v) is 7.38. The van der Waals surface area contributed by atoms with E-state index in [-0.39, 0.29) is 17.9 Å². The summed E-state index contributed by atoms with van der Waals surface area (Å²) in [6.07, 6.45) is 0.464. The Balaban J connectivity index is 1.98. The van der Waals surface area contributed by atoms with Crippen LogP contribution in [0, 0.1) is 0 Å². The molecular formula is C8H13N3O2. The molecule has 0 spiro atoms. The van der Waals surface area contributed by atoms with E-state index in [1.807, 2.05) is 0 Å². The molecule has 13 heavy (non-hydrogen) atoms. The van der Waals surface area contributed by atoms with Gasteiger partial charge < -0.3 is 15.5 Å². The van der Waals surface area contributed by atoms with Crippen LogP contribution in [0.25, 0.3) is 0 Å². The molecule has 2 aliphatic rings. The Bertz CT molecular complexity index is 242. The highest BCUT2D eigenvalue weighted by atomic mass is 16.2. The van der Waals surface area contributed by atoms with E-state index in [0.29, 0.717) is 19.5 Å². The number of nitrogens with one attached hydrogen (secondary N) is 2. The Kier molecular flexibility index (Phi) is 2.18. The number of piperazine rings is 1. The Morgan fingerprint density at radius 2 is 2.23 bits per heavy atom. The minimum Gasteiger partial charge on any atom is -0.354 e. The fourth-order valence-electron chi connectivity index (χ4n) is 1.82. The number of rotatable bonds is 1. The minimum absolute atomic E-state index is 0.0522. The van der Waals surface area contributed by atoms with Crippen LogP contribution >= 0.6 is 0 Å². The molecule has 0 aromatic heterocycles. The van der Waals surface area contributed by atoms with Gasteiger partial charge in [0, 0.05) is 26.1 Å². The summed E-state index contributed by atoms with van der Waals surface area (Å²) < 4.78 is 0. The highest BCUT2D eigenvalue weighted by molar-refractivity contribution is 5.83. The van der Waals surface area contributed by atoms with Gasteiger partial charge in [-0.25, -0.2) is 0 Å². The Labute approximate surface area is 76.5 Å². The molecule has 2 rings (SSSR count). The van der Waals surface area contributed by atoms with Crippen molar-refractivity contribution >= 4 is 11.8 Å². The average molecular weight is 183 g/mol. The maximum absolute atomic E-state index is 11.4. The average Bonchev–Trinajstić information content (AvgIpc) is 2.53. The molecule has 2 amide bonds. The van der Waals surface area contributed by atoms with E-state index in [1.165, 1.54) is 0 Å². The van der Waals surface area contributed by atoms with Crippen LogP contribution < -0.4 is 10.6 Å². The third-order valence-electron chi connectivity index (χ3n) is 2.52. The first-order chi connectivity index (χ1) is 6.27. The monoisotopic (exact) mass is 183 g/mol. The molecule has 0 aromatic carbocycles. The highest BCUT2D eigenvalue weighted by Crippen LogP contribution is 2.10. The Morgan fingerprint density at radius 1 is 1.38 bits per heavy atom. The van der Waals surface area contributed by atoms with Gasteiger partial charge in [0.1, 0.15) is 0 Å². The van der Waals surface area contributed by atoms with E-state index in [2.05, 4.69) is 10.6 Å². The molecule has 0 radical (unpaired) electrons. The number of carbonyl (C=O) groups excluding carboxylic acids is 2. The lowest BCUT2D eigenvalue weighted by molar-refractivity contribution is -0.134.